The Morgan fingerprint density at radius 1 is 1.27 bits per heavy atom. The second kappa shape index (κ2) is 12.4. The molecular formula is C24H36N4O4S. The highest BCUT2D eigenvalue weighted by atomic mass is 32.1. The summed E-state index contributed by atoms with van der Waals surface area (Å²) in [6.45, 7) is 9.28. The molecule has 2 aromatic rings. The number of fused-ring (bicyclic) bond motifs is 1. The number of amides is 1. The third kappa shape index (κ3) is 6.29. The lowest BCUT2D eigenvalue weighted by atomic mass is 9.92. The van der Waals surface area contributed by atoms with E-state index in [1.165, 1.54) is 0 Å². The first kappa shape index (κ1) is 25.6. The van der Waals surface area contributed by atoms with Crippen LogP contribution >= 0.6 is 12.2 Å². The average Bonchev–Trinajstić information content (AvgIpc) is 2.83. The minimum Gasteiger partial charge on any atom is -0.385 e. The molecule has 33 heavy (non-hydrogen) atoms. The van der Waals surface area contributed by atoms with Gasteiger partial charge in [0, 0.05) is 51.5 Å². The second-order valence-corrected chi connectivity index (χ2v) is 8.88. The van der Waals surface area contributed by atoms with Crippen LogP contribution in [-0.2, 0) is 16.0 Å². The Morgan fingerprint density at radius 2 is 2.00 bits per heavy atom. The molecule has 8 nitrogen and oxygen atoms in total. The number of rotatable bonds is 11. The summed E-state index contributed by atoms with van der Waals surface area (Å²) in [6.07, 6.45) is 2.83. The van der Waals surface area contributed by atoms with E-state index >= 15 is 0 Å². The first-order chi connectivity index (χ1) is 16.0. The Bertz CT molecular complexity index is 1040. The maximum atomic E-state index is 13.0. The van der Waals surface area contributed by atoms with E-state index in [1.54, 1.807) is 29.9 Å². The van der Waals surface area contributed by atoms with Gasteiger partial charge in [0.15, 0.2) is 4.77 Å². The lowest BCUT2D eigenvalue weighted by Crippen LogP contribution is -2.52. The summed E-state index contributed by atoms with van der Waals surface area (Å²) in [5.74, 6) is 0.359. The second-order valence-electron chi connectivity index (χ2n) is 8.50. The van der Waals surface area contributed by atoms with Gasteiger partial charge in [-0.15, -0.1) is 0 Å². The maximum Gasteiger partial charge on any atom is 0.262 e. The van der Waals surface area contributed by atoms with E-state index in [4.69, 9.17) is 21.7 Å². The number of benzene rings is 1. The van der Waals surface area contributed by atoms with E-state index in [0.717, 1.165) is 39.1 Å². The molecule has 1 aliphatic heterocycles. The zero-order chi connectivity index (χ0) is 23.8. The van der Waals surface area contributed by atoms with Crippen LogP contribution in [0, 0.1) is 10.7 Å². The molecule has 2 N–H and O–H groups in total. The number of carbonyl (C=O) groups is 1. The topological polar surface area (TPSA) is 88.6 Å². The van der Waals surface area contributed by atoms with Crippen molar-refractivity contribution in [3.63, 3.8) is 0 Å². The number of aromatic nitrogens is 2. The molecule has 1 saturated heterocycles. The lowest BCUT2D eigenvalue weighted by Gasteiger charge is -2.38. The molecule has 1 aliphatic rings. The van der Waals surface area contributed by atoms with Gasteiger partial charge in [0.05, 0.1) is 24.1 Å². The quantitative estimate of drug-likeness (QED) is 0.383. The molecule has 182 valence electrons. The predicted molar refractivity (Wildman–Crippen MR) is 132 cm³/mol. The Kier molecular flexibility index (Phi) is 9.61. The molecule has 9 heteroatoms. The largest absolute Gasteiger partial charge is 0.385 e. The van der Waals surface area contributed by atoms with Crippen molar-refractivity contribution in [2.45, 2.75) is 45.7 Å². The molecule has 1 amide bonds. The molecule has 1 fully saturated rings. The Morgan fingerprint density at radius 3 is 2.67 bits per heavy atom. The summed E-state index contributed by atoms with van der Waals surface area (Å²) < 4.78 is 12.5. The number of hydrogen-bond donors (Lipinski definition) is 2. The van der Waals surface area contributed by atoms with Crippen LogP contribution in [0.1, 0.15) is 43.5 Å². The van der Waals surface area contributed by atoms with Gasteiger partial charge in [-0.1, -0.05) is 26.7 Å². The molecule has 0 radical (unpaired) electrons. The van der Waals surface area contributed by atoms with Gasteiger partial charge in [-0.05, 0) is 42.8 Å². The zero-order valence-corrected chi connectivity index (χ0v) is 20.7. The predicted octanol–water partition coefficient (Wildman–Crippen LogP) is 2.96. The number of carbonyl (C=O) groups excluding carboxylic acids is 1. The summed E-state index contributed by atoms with van der Waals surface area (Å²) >= 11 is 5.39. The minimum atomic E-state index is -0.155. The van der Waals surface area contributed by atoms with Crippen molar-refractivity contribution in [3.8, 4) is 0 Å². The molecule has 1 unspecified atom stereocenters. The van der Waals surface area contributed by atoms with E-state index in [9.17, 15) is 9.59 Å². The van der Waals surface area contributed by atoms with Crippen LogP contribution in [-0.4, -0.2) is 73.0 Å². The summed E-state index contributed by atoms with van der Waals surface area (Å²) in [6, 6.07) is 5.39. The van der Waals surface area contributed by atoms with Gasteiger partial charge in [0.2, 0.25) is 0 Å². The number of nitrogens with one attached hydrogen (secondary N) is 2. The van der Waals surface area contributed by atoms with Crippen molar-refractivity contribution < 1.29 is 14.3 Å². The number of methoxy groups -OCH3 is 1. The van der Waals surface area contributed by atoms with Crippen molar-refractivity contribution in [2.75, 3.05) is 46.6 Å². The van der Waals surface area contributed by atoms with Gasteiger partial charge >= 0.3 is 0 Å². The van der Waals surface area contributed by atoms with Gasteiger partial charge in [-0.3, -0.25) is 19.1 Å². The fraction of sp³-hybridized carbons (Fsp3) is 0.625. The number of aromatic amines is 1. The van der Waals surface area contributed by atoms with Crippen molar-refractivity contribution in [1.82, 2.24) is 19.8 Å². The smallest absolute Gasteiger partial charge is 0.262 e. The van der Waals surface area contributed by atoms with Crippen LogP contribution in [0.2, 0.25) is 0 Å². The average molecular weight is 477 g/mol. The fourth-order valence-electron chi connectivity index (χ4n) is 4.60. The van der Waals surface area contributed by atoms with E-state index < -0.39 is 0 Å². The summed E-state index contributed by atoms with van der Waals surface area (Å²) in [4.78, 5) is 31.4. The number of H-pyrrole nitrogens is 1. The van der Waals surface area contributed by atoms with Gasteiger partial charge in [0.1, 0.15) is 0 Å². The van der Waals surface area contributed by atoms with Crippen LogP contribution in [0.4, 0.5) is 0 Å². The van der Waals surface area contributed by atoms with Crippen LogP contribution < -0.4 is 10.9 Å². The van der Waals surface area contributed by atoms with Crippen LogP contribution in [0.3, 0.4) is 0 Å². The Balaban J connectivity index is 1.76. The van der Waals surface area contributed by atoms with Gasteiger partial charge < -0.3 is 19.8 Å². The molecule has 1 atom stereocenters. The first-order valence-electron chi connectivity index (χ1n) is 11.9. The van der Waals surface area contributed by atoms with Crippen molar-refractivity contribution in [3.05, 3.63) is 38.9 Å². The molecule has 0 saturated carbocycles. The lowest BCUT2D eigenvalue weighted by molar-refractivity contribution is 0.00191. The van der Waals surface area contributed by atoms with Crippen molar-refractivity contribution in [1.29, 1.82) is 0 Å². The third-order valence-electron chi connectivity index (χ3n) is 6.55. The highest BCUT2D eigenvalue weighted by molar-refractivity contribution is 7.71. The highest BCUT2D eigenvalue weighted by Crippen LogP contribution is 2.20. The Hall–Kier alpha value is -2.07. The monoisotopic (exact) mass is 476 g/mol. The molecule has 1 aromatic heterocycles. The molecule has 0 bridgehead atoms. The van der Waals surface area contributed by atoms with Gasteiger partial charge in [-0.25, -0.2) is 0 Å². The minimum absolute atomic E-state index is 0.148. The van der Waals surface area contributed by atoms with Crippen LogP contribution in [0.25, 0.3) is 10.9 Å². The Labute approximate surface area is 200 Å². The van der Waals surface area contributed by atoms with Crippen LogP contribution in [0.5, 0.6) is 0 Å². The first-order valence-corrected chi connectivity index (χ1v) is 12.3. The SMILES string of the molecule is CCC(CC)C(CNC(=O)c1ccc2c(=O)n(CCCOC)c(=S)[nH]c2c1)N1CCOCC1. The maximum absolute atomic E-state index is 13.0. The number of ether oxygens (including phenoxy) is 2. The standard InChI is InChI=1S/C24H36N4O4S/c1-4-17(5-2)21(27-10-13-32-14-11-27)16-25-22(29)18-7-8-19-20(15-18)26-24(33)28(23(19)30)9-6-12-31-3/h7-8,15,17,21H,4-6,9-14,16H2,1-3H3,(H,25,29)(H,26,33). The number of nitrogens with zero attached hydrogens (tertiary/aromatic N) is 2. The number of morpholine rings is 1. The zero-order valence-electron chi connectivity index (χ0n) is 19.9. The van der Waals surface area contributed by atoms with Gasteiger partial charge in [0.25, 0.3) is 11.5 Å². The molecular weight excluding hydrogens is 440 g/mol. The summed E-state index contributed by atoms with van der Waals surface area (Å²) in [5.41, 5.74) is 0.929. The van der Waals surface area contributed by atoms with Crippen LogP contribution in [0.15, 0.2) is 23.0 Å². The van der Waals surface area contributed by atoms with E-state index in [2.05, 4.69) is 29.0 Å². The summed E-state index contributed by atoms with van der Waals surface area (Å²) in [7, 11) is 1.63. The normalized spacial score (nSPS) is 15.8. The van der Waals surface area contributed by atoms with Crippen molar-refractivity contribution in [2.24, 2.45) is 5.92 Å². The number of hydrogen-bond acceptors (Lipinski definition) is 6. The summed E-state index contributed by atoms with van der Waals surface area (Å²) in [5, 5.41) is 3.64. The molecule has 3 rings (SSSR count). The van der Waals surface area contributed by atoms with E-state index in [0.29, 0.717) is 53.3 Å². The molecule has 2 heterocycles. The van der Waals surface area contributed by atoms with E-state index in [-0.39, 0.29) is 17.5 Å². The highest BCUT2D eigenvalue weighted by Gasteiger charge is 2.27. The molecule has 0 spiro atoms. The third-order valence-corrected chi connectivity index (χ3v) is 6.88. The molecule has 1 aromatic carbocycles. The molecule has 0 aliphatic carbocycles. The van der Waals surface area contributed by atoms with E-state index in [1.807, 2.05) is 0 Å². The van der Waals surface area contributed by atoms with Gasteiger partial charge in [-0.2, -0.15) is 0 Å². The van der Waals surface area contributed by atoms with Crippen molar-refractivity contribution >= 4 is 29.0 Å². The fourth-order valence-corrected chi connectivity index (χ4v) is 4.89.